The lowest BCUT2D eigenvalue weighted by Crippen LogP contribution is -2.50. The van der Waals surface area contributed by atoms with E-state index in [0.717, 1.165) is 25.9 Å². The maximum absolute atomic E-state index is 12.3. The van der Waals surface area contributed by atoms with E-state index < -0.39 is 15.3 Å². The fourth-order valence-corrected chi connectivity index (χ4v) is 3.01. The van der Waals surface area contributed by atoms with Crippen LogP contribution in [0.25, 0.3) is 0 Å². The second-order valence-electron chi connectivity index (χ2n) is 5.20. The number of amides is 1. The first-order valence-electron chi connectivity index (χ1n) is 6.55. The first-order valence-corrected chi connectivity index (χ1v) is 8.61. The maximum Gasteiger partial charge on any atom is 0.228 e. The molecule has 1 aliphatic heterocycles. The number of rotatable bonds is 7. The van der Waals surface area contributed by atoms with Gasteiger partial charge in [-0.3, -0.25) is 4.79 Å². The van der Waals surface area contributed by atoms with Crippen molar-refractivity contribution in [3.63, 3.8) is 0 Å². The van der Waals surface area contributed by atoms with Gasteiger partial charge in [0.25, 0.3) is 0 Å². The van der Waals surface area contributed by atoms with E-state index in [-0.39, 0.29) is 11.7 Å². The van der Waals surface area contributed by atoms with Crippen molar-refractivity contribution in [2.24, 2.45) is 5.41 Å². The lowest BCUT2D eigenvalue weighted by Gasteiger charge is -2.35. The topological polar surface area (TPSA) is 84.5 Å². The predicted molar refractivity (Wildman–Crippen MR) is 73.8 cm³/mol. The summed E-state index contributed by atoms with van der Waals surface area (Å²) in [4.78, 5) is 12.3. The molecule has 0 bridgehead atoms. The molecular weight excluding hydrogens is 268 g/mol. The minimum Gasteiger partial charge on any atom is -0.384 e. The highest BCUT2D eigenvalue weighted by Crippen LogP contribution is 2.29. The zero-order valence-corrected chi connectivity index (χ0v) is 12.5. The summed E-state index contributed by atoms with van der Waals surface area (Å²) < 4.78 is 27.2. The van der Waals surface area contributed by atoms with Gasteiger partial charge >= 0.3 is 0 Å². The van der Waals surface area contributed by atoms with Crippen molar-refractivity contribution in [3.05, 3.63) is 0 Å². The van der Waals surface area contributed by atoms with Gasteiger partial charge in [0, 0.05) is 19.9 Å². The Bertz CT molecular complexity index is 383. The zero-order valence-electron chi connectivity index (χ0n) is 11.7. The third-order valence-electron chi connectivity index (χ3n) is 3.44. The maximum atomic E-state index is 12.3. The van der Waals surface area contributed by atoms with Crippen molar-refractivity contribution in [2.45, 2.75) is 19.3 Å². The number of carbonyl (C=O) groups is 1. The number of hydrogen-bond donors (Lipinski definition) is 2. The lowest BCUT2D eigenvalue weighted by atomic mass is 9.78. The minimum atomic E-state index is -2.96. The van der Waals surface area contributed by atoms with Crippen molar-refractivity contribution in [1.29, 1.82) is 0 Å². The fraction of sp³-hybridized carbons (Fsp3) is 0.917. The van der Waals surface area contributed by atoms with Crippen LogP contribution in [0.3, 0.4) is 0 Å². The van der Waals surface area contributed by atoms with E-state index >= 15 is 0 Å². The van der Waals surface area contributed by atoms with E-state index in [1.165, 1.54) is 6.26 Å². The second-order valence-corrected chi connectivity index (χ2v) is 7.46. The average Bonchev–Trinajstić information content (AvgIpc) is 2.34. The number of nitrogens with one attached hydrogen (secondary N) is 2. The molecule has 6 nitrogen and oxygen atoms in total. The molecule has 2 N–H and O–H groups in total. The van der Waals surface area contributed by atoms with Crippen LogP contribution in [0, 0.1) is 5.41 Å². The van der Waals surface area contributed by atoms with Crippen LogP contribution in [0.2, 0.25) is 0 Å². The highest BCUT2D eigenvalue weighted by Gasteiger charge is 2.39. The molecule has 1 rings (SSSR count). The first kappa shape index (κ1) is 16.4. The van der Waals surface area contributed by atoms with Crippen LogP contribution in [0.15, 0.2) is 0 Å². The summed E-state index contributed by atoms with van der Waals surface area (Å²) in [5, 5.41) is 6.06. The van der Waals surface area contributed by atoms with Crippen LogP contribution in [-0.2, 0) is 19.4 Å². The molecule has 0 aromatic rings. The summed E-state index contributed by atoms with van der Waals surface area (Å²) in [7, 11) is -1.36. The molecule has 1 saturated heterocycles. The number of sulfone groups is 1. The molecule has 0 saturated carbocycles. The van der Waals surface area contributed by atoms with Crippen LogP contribution >= 0.6 is 0 Å². The fourth-order valence-electron chi connectivity index (χ4n) is 2.34. The van der Waals surface area contributed by atoms with Gasteiger partial charge in [-0.05, 0) is 32.4 Å². The quantitative estimate of drug-likeness (QED) is 0.621. The molecule has 112 valence electrons. The van der Waals surface area contributed by atoms with E-state index in [0.29, 0.717) is 19.6 Å². The molecule has 0 atom stereocenters. The van der Waals surface area contributed by atoms with Crippen molar-refractivity contribution >= 4 is 15.7 Å². The van der Waals surface area contributed by atoms with Crippen molar-refractivity contribution in [2.75, 3.05) is 45.4 Å². The second kappa shape index (κ2) is 7.21. The molecule has 7 heteroatoms. The highest BCUT2D eigenvalue weighted by molar-refractivity contribution is 7.90. The molecule has 1 aliphatic rings. The van der Waals surface area contributed by atoms with Gasteiger partial charge in [-0.25, -0.2) is 8.42 Å². The van der Waals surface area contributed by atoms with Crippen molar-refractivity contribution in [3.8, 4) is 0 Å². The third-order valence-corrected chi connectivity index (χ3v) is 4.47. The molecule has 0 radical (unpaired) electrons. The van der Waals surface area contributed by atoms with Crippen LogP contribution in [0.4, 0.5) is 0 Å². The SMILES string of the molecule is COCC1(C(=O)NCCCS(C)(=O)=O)CCNCC1. The molecule has 0 aliphatic carbocycles. The molecule has 1 fully saturated rings. The Labute approximate surface area is 115 Å². The van der Waals surface area contributed by atoms with Gasteiger partial charge in [-0.2, -0.15) is 0 Å². The average molecular weight is 292 g/mol. The van der Waals surface area contributed by atoms with Crippen LogP contribution in [-0.4, -0.2) is 59.7 Å². The van der Waals surface area contributed by atoms with Crippen LogP contribution in [0.5, 0.6) is 0 Å². The molecule has 0 aromatic heterocycles. The van der Waals surface area contributed by atoms with Gasteiger partial charge < -0.3 is 15.4 Å². The van der Waals surface area contributed by atoms with Gasteiger partial charge in [0.1, 0.15) is 9.84 Å². The van der Waals surface area contributed by atoms with Crippen LogP contribution in [0.1, 0.15) is 19.3 Å². The molecule has 0 aromatic carbocycles. The lowest BCUT2D eigenvalue weighted by molar-refractivity contribution is -0.136. The molecule has 19 heavy (non-hydrogen) atoms. The van der Waals surface area contributed by atoms with E-state index in [1.54, 1.807) is 7.11 Å². The van der Waals surface area contributed by atoms with Gasteiger partial charge in [-0.1, -0.05) is 0 Å². The Kier molecular flexibility index (Phi) is 6.22. The van der Waals surface area contributed by atoms with Gasteiger partial charge in [-0.15, -0.1) is 0 Å². The van der Waals surface area contributed by atoms with Gasteiger partial charge in [0.05, 0.1) is 17.8 Å². The van der Waals surface area contributed by atoms with Crippen molar-refractivity contribution < 1.29 is 17.9 Å². The summed E-state index contributed by atoms with van der Waals surface area (Å²) in [6.45, 7) is 2.41. The highest BCUT2D eigenvalue weighted by atomic mass is 32.2. The Morgan fingerprint density at radius 3 is 2.53 bits per heavy atom. The minimum absolute atomic E-state index is 0.0237. The summed E-state index contributed by atoms with van der Waals surface area (Å²) in [5.74, 6) is 0.0795. The van der Waals surface area contributed by atoms with E-state index in [4.69, 9.17) is 4.74 Å². The Balaban J connectivity index is 2.44. The first-order chi connectivity index (χ1) is 8.90. The predicted octanol–water partition coefficient (Wildman–Crippen LogP) is -0.446. The summed E-state index contributed by atoms with van der Waals surface area (Å²) in [6.07, 6.45) is 3.15. The largest absolute Gasteiger partial charge is 0.384 e. The Morgan fingerprint density at radius 1 is 1.37 bits per heavy atom. The number of piperidine rings is 1. The summed E-state index contributed by atoms with van der Waals surface area (Å²) >= 11 is 0. The number of ether oxygens (including phenoxy) is 1. The zero-order chi connectivity index (χ0) is 14.4. The van der Waals surface area contributed by atoms with E-state index in [1.807, 2.05) is 0 Å². The van der Waals surface area contributed by atoms with E-state index in [9.17, 15) is 13.2 Å². The van der Waals surface area contributed by atoms with E-state index in [2.05, 4.69) is 10.6 Å². The molecule has 0 unspecified atom stereocenters. The summed E-state index contributed by atoms with van der Waals surface area (Å²) in [6, 6.07) is 0. The number of hydrogen-bond acceptors (Lipinski definition) is 5. The molecule has 1 heterocycles. The van der Waals surface area contributed by atoms with Crippen molar-refractivity contribution in [1.82, 2.24) is 10.6 Å². The third kappa shape index (κ3) is 5.46. The Hall–Kier alpha value is -0.660. The molecular formula is C12H24N2O4S. The number of methoxy groups -OCH3 is 1. The van der Waals surface area contributed by atoms with Crippen LogP contribution < -0.4 is 10.6 Å². The monoisotopic (exact) mass is 292 g/mol. The number of carbonyl (C=O) groups excluding carboxylic acids is 1. The molecule has 0 spiro atoms. The normalized spacial score (nSPS) is 19.1. The van der Waals surface area contributed by atoms with Gasteiger partial charge in [0.2, 0.25) is 5.91 Å². The van der Waals surface area contributed by atoms with Gasteiger partial charge in [0.15, 0.2) is 0 Å². The summed E-state index contributed by atoms with van der Waals surface area (Å²) in [5.41, 5.74) is -0.467. The molecule has 1 amide bonds. The smallest absolute Gasteiger partial charge is 0.228 e. The standard InChI is InChI=1S/C12H24N2O4S/c1-18-10-12(4-7-13-8-5-12)11(15)14-6-3-9-19(2,16)17/h13H,3-10H2,1-2H3,(H,14,15). The Morgan fingerprint density at radius 2 is 2.00 bits per heavy atom.